The van der Waals surface area contributed by atoms with Crippen LogP contribution in [0.2, 0.25) is 0 Å². The van der Waals surface area contributed by atoms with E-state index in [0.717, 1.165) is 22.6 Å². The van der Waals surface area contributed by atoms with E-state index in [1.807, 2.05) is 60.7 Å². The average molecular weight is 437 g/mol. The van der Waals surface area contributed by atoms with Gasteiger partial charge in [0.2, 0.25) is 5.91 Å². The molecule has 2 heterocycles. The molecule has 0 spiro atoms. The lowest BCUT2D eigenvalue weighted by atomic mass is 10.1. The Hall–Kier alpha value is -1.86. The third-order valence-corrected chi connectivity index (χ3v) is 6.15. The van der Waals surface area contributed by atoms with E-state index in [0.29, 0.717) is 19.5 Å². The van der Waals surface area contributed by atoms with Gasteiger partial charge in [-0.05, 0) is 50.1 Å². The summed E-state index contributed by atoms with van der Waals surface area (Å²) < 4.78 is 5.52. The van der Waals surface area contributed by atoms with E-state index in [9.17, 15) is 9.59 Å². The molecule has 0 bridgehead atoms. The third kappa shape index (κ3) is 7.48. The molecule has 2 amide bonds. The number of likely N-dealkylation sites (N-methyl/N-ethyl adjacent to an activating group) is 1. The Balaban J connectivity index is 2.23. The molecule has 0 saturated heterocycles. The van der Waals surface area contributed by atoms with Gasteiger partial charge in [-0.25, -0.2) is 4.79 Å². The van der Waals surface area contributed by atoms with Gasteiger partial charge in [0, 0.05) is 16.8 Å². The van der Waals surface area contributed by atoms with Gasteiger partial charge < -0.3 is 9.64 Å². The smallest absolute Gasteiger partial charge is 0.410 e. The summed E-state index contributed by atoms with van der Waals surface area (Å²) in [6.07, 6.45) is 1.99. The Labute approximate surface area is 182 Å². The Morgan fingerprint density at radius 1 is 1.07 bits per heavy atom. The molecule has 1 atom stereocenters. The topological polar surface area (TPSA) is 49.9 Å². The summed E-state index contributed by atoms with van der Waals surface area (Å²) in [4.78, 5) is 31.8. The fraction of sp³-hybridized carbons (Fsp3) is 0.545. The van der Waals surface area contributed by atoms with Crippen LogP contribution in [0, 0.1) is 0 Å². The highest BCUT2D eigenvalue weighted by Gasteiger charge is 2.33. The monoisotopic (exact) mass is 436 g/mol. The summed E-state index contributed by atoms with van der Waals surface area (Å²) in [6.45, 7) is 8.67. The van der Waals surface area contributed by atoms with E-state index in [2.05, 4.69) is 6.92 Å². The molecule has 0 saturated carbocycles. The zero-order valence-corrected chi connectivity index (χ0v) is 19.6. The Morgan fingerprint density at radius 2 is 1.62 bits per heavy atom. The van der Waals surface area contributed by atoms with Crippen molar-refractivity contribution < 1.29 is 14.3 Å². The molecule has 7 heteroatoms. The minimum atomic E-state index is -0.600. The number of nitrogens with zero attached hydrogens (tertiary/aromatic N) is 2. The lowest BCUT2D eigenvalue weighted by Gasteiger charge is -2.33. The number of hydrogen-bond acceptors (Lipinski definition) is 5. The summed E-state index contributed by atoms with van der Waals surface area (Å²) in [5.41, 5.74) is -0.600. The molecule has 2 aromatic rings. The molecule has 0 aromatic carbocycles. The standard InChI is InChI=1S/C22H32N2O3S2/c1-6-7-12-19(23(5)21(26)27-22(2,3)4)20(25)24(15-17-10-8-13-28-17)16-18-11-9-14-29-18/h8-11,13-14,19H,6-7,12,15-16H2,1-5H3/t19-/m0/s1. The van der Waals surface area contributed by atoms with Gasteiger partial charge in [-0.1, -0.05) is 31.9 Å². The van der Waals surface area contributed by atoms with E-state index in [1.165, 1.54) is 4.90 Å². The van der Waals surface area contributed by atoms with Crippen molar-refractivity contribution >= 4 is 34.7 Å². The van der Waals surface area contributed by atoms with Crippen LogP contribution in [0.15, 0.2) is 35.0 Å². The van der Waals surface area contributed by atoms with E-state index < -0.39 is 17.7 Å². The third-order valence-electron chi connectivity index (χ3n) is 4.43. The molecule has 2 rings (SSSR count). The Kier molecular flexibility index (Phi) is 8.71. The van der Waals surface area contributed by atoms with Crippen molar-refractivity contribution in [3.63, 3.8) is 0 Å². The minimum absolute atomic E-state index is 0.0337. The molecule has 0 radical (unpaired) electrons. The number of amides is 2. The van der Waals surface area contributed by atoms with Crippen LogP contribution in [0.5, 0.6) is 0 Å². The van der Waals surface area contributed by atoms with Crippen LogP contribution in [0.25, 0.3) is 0 Å². The lowest BCUT2D eigenvalue weighted by molar-refractivity contribution is -0.138. The molecule has 0 aliphatic rings. The first-order valence-corrected chi connectivity index (χ1v) is 11.8. The van der Waals surface area contributed by atoms with Gasteiger partial charge in [0.25, 0.3) is 0 Å². The van der Waals surface area contributed by atoms with E-state index in [4.69, 9.17) is 4.74 Å². The van der Waals surface area contributed by atoms with Gasteiger partial charge in [-0.15, -0.1) is 22.7 Å². The summed E-state index contributed by atoms with van der Waals surface area (Å²) in [5.74, 6) is -0.0337. The highest BCUT2D eigenvalue weighted by molar-refractivity contribution is 7.10. The van der Waals surface area contributed by atoms with Crippen LogP contribution < -0.4 is 0 Å². The zero-order chi connectivity index (χ0) is 21.4. The van der Waals surface area contributed by atoms with Gasteiger partial charge in [-0.3, -0.25) is 9.69 Å². The number of rotatable bonds is 9. The quantitative estimate of drug-likeness (QED) is 0.502. The normalized spacial score (nSPS) is 12.4. The number of ether oxygens (including phenoxy) is 1. The van der Waals surface area contributed by atoms with Crippen molar-refractivity contribution in [3.05, 3.63) is 44.8 Å². The number of carbonyl (C=O) groups is 2. The van der Waals surface area contributed by atoms with Crippen LogP contribution in [0.4, 0.5) is 4.79 Å². The van der Waals surface area contributed by atoms with Crippen molar-refractivity contribution in [3.8, 4) is 0 Å². The van der Waals surface area contributed by atoms with Crippen LogP contribution in [0.3, 0.4) is 0 Å². The predicted molar refractivity (Wildman–Crippen MR) is 120 cm³/mol. The Morgan fingerprint density at radius 3 is 2.03 bits per heavy atom. The van der Waals surface area contributed by atoms with Gasteiger partial charge in [0.15, 0.2) is 0 Å². The molecular weight excluding hydrogens is 404 g/mol. The predicted octanol–water partition coefficient (Wildman–Crippen LogP) is 5.76. The maximum atomic E-state index is 13.6. The van der Waals surface area contributed by atoms with Crippen molar-refractivity contribution in [1.82, 2.24) is 9.80 Å². The van der Waals surface area contributed by atoms with E-state index >= 15 is 0 Å². The molecule has 29 heavy (non-hydrogen) atoms. The van der Waals surface area contributed by atoms with Gasteiger partial charge >= 0.3 is 6.09 Å². The largest absolute Gasteiger partial charge is 0.444 e. The maximum Gasteiger partial charge on any atom is 0.410 e. The summed E-state index contributed by atoms with van der Waals surface area (Å²) >= 11 is 3.28. The second-order valence-corrected chi connectivity index (χ2v) is 10.2. The molecule has 0 aliphatic carbocycles. The molecule has 0 unspecified atom stereocenters. The van der Waals surface area contributed by atoms with Gasteiger partial charge in [0.1, 0.15) is 11.6 Å². The zero-order valence-electron chi connectivity index (χ0n) is 18.0. The fourth-order valence-corrected chi connectivity index (χ4v) is 4.38. The number of unbranched alkanes of at least 4 members (excludes halogenated alkanes) is 1. The van der Waals surface area contributed by atoms with Gasteiger partial charge in [0.05, 0.1) is 13.1 Å². The van der Waals surface area contributed by atoms with Crippen LogP contribution in [-0.4, -0.2) is 40.5 Å². The van der Waals surface area contributed by atoms with Gasteiger partial charge in [-0.2, -0.15) is 0 Å². The van der Waals surface area contributed by atoms with Crippen molar-refractivity contribution in [2.45, 2.75) is 71.7 Å². The molecule has 160 valence electrons. The molecule has 0 N–H and O–H groups in total. The van der Waals surface area contributed by atoms with Crippen LogP contribution in [0.1, 0.15) is 56.7 Å². The summed E-state index contributed by atoms with van der Waals surface area (Å²) in [5, 5.41) is 4.04. The highest BCUT2D eigenvalue weighted by atomic mass is 32.1. The SMILES string of the molecule is CCCC[C@@H](C(=O)N(Cc1cccs1)Cc1cccs1)N(C)C(=O)OC(C)(C)C. The number of thiophene rings is 2. The highest BCUT2D eigenvalue weighted by Crippen LogP contribution is 2.21. The first-order chi connectivity index (χ1) is 13.7. The lowest BCUT2D eigenvalue weighted by Crippen LogP contribution is -2.50. The van der Waals surface area contributed by atoms with E-state index in [-0.39, 0.29) is 5.91 Å². The first-order valence-electron chi connectivity index (χ1n) is 10.0. The molecular formula is C22H32N2O3S2. The second-order valence-electron chi connectivity index (χ2n) is 8.10. The number of hydrogen-bond donors (Lipinski definition) is 0. The van der Waals surface area contributed by atoms with Crippen LogP contribution in [-0.2, 0) is 22.6 Å². The average Bonchev–Trinajstić information content (AvgIpc) is 3.33. The van der Waals surface area contributed by atoms with Crippen LogP contribution >= 0.6 is 22.7 Å². The molecule has 0 fully saturated rings. The van der Waals surface area contributed by atoms with Crippen molar-refractivity contribution in [2.24, 2.45) is 0 Å². The number of carbonyl (C=O) groups excluding carboxylic acids is 2. The molecule has 2 aromatic heterocycles. The first kappa shape index (κ1) is 23.4. The summed E-state index contributed by atoms with van der Waals surface area (Å²) in [7, 11) is 1.67. The molecule has 0 aliphatic heterocycles. The second kappa shape index (κ2) is 10.8. The minimum Gasteiger partial charge on any atom is -0.444 e. The van der Waals surface area contributed by atoms with Crippen molar-refractivity contribution in [1.29, 1.82) is 0 Å². The van der Waals surface area contributed by atoms with Crippen molar-refractivity contribution in [2.75, 3.05) is 7.05 Å². The van der Waals surface area contributed by atoms with E-state index in [1.54, 1.807) is 29.7 Å². The maximum absolute atomic E-state index is 13.6. The summed E-state index contributed by atoms with van der Waals surface area (Å²) in [6, 6.07) is 7.53. The Bertz CT molecular complexity index is 715. The fourth-order valence-electron chi connectivity index (χ4n) is 2.95. The molecule has 5 nitrogen and oxygen atoms in total.